The lowest BCUT2D eigenvalue weighted by atomic mass is 10.0. The third-order valence-electron chi connectivity index (χ3n) is 5.21. The molecule has 4 rings (SSSR count). The number of nitrogens with one attached hydrogen (secondary N) is 2. The molecule has 2 aromatic carbocycles. The summed E-state index contributed by atoms with van der Waals surface area (Å²) in [6.07, 6.45) is 2.16. The topological polar surface area (TPSA) is 74.3 Å². The Morgan fingerprint density at radius 1 is 1.21 bits per heavy atom. The Hall–Kier alpha value is -2.50. The number of hydrogen-bond acceptors (Lipinski definition) is 3. The highest BCUT2D eigenvalue weighted by Gasteiger charge is 2.15. The molecule has 1 fully saturated rings. The highest BCUT2D eigenvalue weighted by molar-refractivity contribution is 6.32. The van der Waals surface area contributed by atoms with Crippen molar-refractivity contribution >= 4 is 34.2 Å². The number of rotatable bonds is 6. The number of fused-ring (bicyclic) bond motifs is 1. The monoisotopic (exact) mass is 398 g/mol. The number of hydrogen-bond donors (Lipinski definition) is 3. The minimum atomic E-state index is -0.833. The molecule has 0 atom stereocenters. The lowest BCUT2D eigenvalue weighted by Gasteiger charge is -2.22. The lowest BCUT2D eigenvalue weighted by Crippen LogP contribution is -2.22. The maximum atomic E-state index is 11.0. The number of carboxylic acid groups (broad SMARTS) is 1. The number of benzene rings is 2. The number of carbonyl (C=O) groups is 1. The molecule has 0 spiro atoms. The molecule has 1 aromatic heterocycles. The first-order valence-electron chi connectivity index (χ1n) is 9.53. The van der Waals surface area contributed by atoms with Gasteiger partial charge in [-0.1, -0.05) is 29.8 Å². The third kappa shape index (κ3) is 4.32. The van der Waals surface area contributed by atoms with Crippen LogP contribution in [-0.2, 0) is 16.0 Å². The molecule has 0 amide bonds. The van der Waals surface area contributed by atoms with Gasteiger partial charge in [-0.2, -0.15) is 0 Å². The predicted molar refractivity (Wildman–Crippen MR) is 112 cm³/mol. The van der Waals surface area contributed by atoms with Crippen LogP contribution in [0, 0.1) is 5.92 Å². The SMILES string of the molecule is O=C(O)Cc1cccc(-c2cc3cc(Cl)cc(NCC4CCOCC4)c3[nH]2)c1. The Balaban J connectivity index is 1.62. The largest absolute Gasteiger partial charge is 0.481 e. The van der Waals surface area contributed by atoms with Crippen molar-refractivity contribution in [3.63, 3.8) is 0 Å². The summed E-state index contributed by atoms with van der Waals surface area (Å²) in [4.78, 5) is 14.5. The molecular weight excluding hydrogens is 376 g/mol. The van der Waals surface area contributed by atoms with Crippen LogP contribution >= 0.6 is 11.6 Å². The van der Waals surface area contributed by atoms with Gasteiger partial charge >= 0.3 is 5.97 Å². The van der Waals surface area contributed by atoms with E-state index in [0.717, 1.165) is 66.0 Å². The number of carboxylic acids is 1. The van der Waals surface area contributed by atoms with E-state index in [1.54, 1.807) is 0 Å². The van der Waals surface area contributed by atoms with Crippen molar-refractivity contribution < 1.29 is 14.6 Å². The maximum absolute atomic E-state index is 11.0. The van der Waals surface area contributed by atoms with Gasteiger partial charge in [0, 0.05) is 35.9 Å². The molecule has 0 radical (unpaired) electrons. The summed E-state index contributed by atoms with van der Waals surface area (Å²) in [5, 5.41) is 14.3. The minimum Gasteiger partial charge on any atom is -0.481 e. The zero-order valence-electron chi connectivity index (χ0n) is 15.5. The van der Waals surface area contributed by atoms with Crippen LogP contribution < -0.4 is 5.32 Å². The van der Waals surface area contributed by atoms with E-state index in [2.05, 4.69) is 16.4 Å². The van der Waals surface area contributed by atoms with Gasteiger partial charge in [0.05, 0.1) is 17.6 Å². The first-order valence-corrected chi connectivity index (χ1v) is 9.91. The summed E-state index contributed by atoms with van der Waals surface area (Å²) in [6.45, 7) is 2.55. The van der Waals surface area contributed by atoms with Crippen LogP contribution in [0.5, 0.6) is 0 Å². The Kier molecular flexibility index (Phi) is 5.55. The molecule has 3 N–H and O–H groups in total. The number of aromatic nitrogens is 1. The minimum absolute atomic E-state index is 0.0117. The van der Waals surface area contributed by atoms with Crippen molar-refractivity contribution in [1.29, 1.82) is 0 Å². The molecule has 1 aliphatic rings. The van der Waals surface area contributed by atoms with Gasteiger partial charge in [-0.25, -0.2) is 0 Å². The molecule has 146 valence electrons. The molecule has 1 aliphatic heterocycles. The Morgan fingerprint density at radius 2 is 2.04 bits per heavy atom. The highest BCUT2D eigenvalue weighted by Crippen LogP contribution is 2.32. The summed E-state index contributed by atoms with van der Waals surface area (Å²) in [7, 11) is 0. The molecule has 3 aromatic rings. The van der Waals surface area contributed by atoms with E-state index in [1.807, 2.05) is 36.4 Å². The zero-order valence-corrected chi connectivity index (χ0v) is 16.3. The van der Waals surface area contributed by atoms with Crippen molar-refractivity contribution in [2.24, 2.45) is 5.92 Å². The van der Waals surface area contributed by atoms with Crippen LogP contribution in [0.1, 0.15) is 18.4 Å². The Morgan fingerprint density at radius 3 is 2.82 bits per heavy atom. The van der Waals surface area contributed by atoms with Crippen LogP contribution in [0.4, 0.5) is 5.69 Å². The van der Waals surface area contributed by atoms with Crippen LogP contribution in [0.2, 0.25) is 5.02 Å². The maximum Gasteiger partial charge on any atom is 0.307 e. The van der Waals surface area contributed by atoms with Crippen molar-refractivity contribution in [3.05, 3.63) is 53.1 Å². The number of anilines is 1. The van der Waals surface area contributed by atoms with E-state index in [-0.39, 0.29) is 6.42 Å². The summed E-state index contributed by atoms with van der Waals surface area (Å²) in [5.74, 6) is -0.231. The van der Waals surface area contributed by atoms with Gasteiger partial charge in [0.25, 0.3) is 0 Å². The standard InChI is InChI=1S/C22H23ClN2O3/c23-18-10-17-11-19(16-3-1-2-15(8-16)9-21(26)27)25-22(17)20(12-18)24-13-14-4-6-28-7-5-14/h1-3,8,10-12,14,24-25H,4-7,9,13H2,(H,26,27). The van der Waals surface area contributed by atoms with Crippen molar-refractivity contribution in [2.45, 2.75) is 19.3 Å². The average Bonchev–Trinajstić information content (AvgIpc) is 3.11. The highest BCUT2D eigenvalue weighted by atomic mass is 35.5. The van der Waals surface area contributed by atoms with Gasteiger partial charge in [-0.15, -0.1) is 0 Å². The quantitative estimate of drug-likeness (QED) is 0.549. The molecule has 0 bridgehead atoms. The van der Waals surface area contributed by atoms with Crippen LogP contribution in [0.25, 0.3) is 22.2 Å². The second-order valence-corrected chi connectivity index (χ2v) is 7.74. The predicted octanol–water partition coefficient (Wildman–Crippen LogP) is 4.95. The first-order chi connectivity index (χ1) is 13.6. The van der Waals surface area contributed by atoms with Gasteiger partial charge in [0.2, 0.25) is 0 Å². The fourth-order valence-corrected chi connectivity index (χ4v) is 3.96. The van der Waals surface area contributed by atoms with E-state index in [1.165, 1.54) is 0 Å². The molecule has 6 heteroatoms. The normalized spacial score (nSPS) is 15.0. The second kappa shape index (κ2) is 8.25. The van der Waals surface area contributed by atoms with Gasteiger partial charge in [0.1, 0.15) is 0 Å². The van der Waals surface area contributed by atoms with Crippen LogP contribution in [0.15, 0.2) is 42.5 Å². The van der Waals surface area contributed by atoms with Gasteiger partial charge in [-0.3, -0.25) is 4.79 Å². The molecule has 0 unspecified atom stereocenters. The van der Waals surface area contributed by atoms with Crippen molar-refractivity contribution in [1.82, 2.24) is 4.98 Å². The fourth-order valence-electron chi connectivity index (χ4n) is 3.73. The number of halogens is 1. The molecule has 2 heterocycles. The molecular formula is C22H23ClN2O3. The molecule has 0 aliphatic carbocycles. The van der Waals surface area contributed by atoms with E-state index in [0.29, 0.717) is 10.9 Å². The second-order valence-electron chi connectivity index (χ2n) is 7.31. The molecule has 28 heavy (non-hydrogen) atoms. The number of H-pyrrole nitrogens is 1. The number of aromatic amines is 1. The van der Waals surface area contributed by atoms with E-state index >= 15 is 0 Å². The molecule has 1 saturated heterocycles. The number of ether oxygens (including phenoxy) is 1. The molecule has 0 saturated carbocycles. The summed E-state index contributed by atoms with van der Waals surface area (Å²) in [5.41, 5.74) is 4.68. The van der Waals surface area contributed by atoms with Crippen LogP contribution in [-0.4, -0.2) is 35.8 Å². The van der Waals surface area contributed by atoms with Crippen molar-refractivity contribution in [2.75, 3.05) is 25.1 Å². The van der Waals surface area contributed by atoms with E-state index < -0.39 is 5.97 Å². The summed E-state index contributed by atoms with van der Waals surface area (Å²) < 4.78 is 5.44. The number of aliphatic carboxylic acids is 1. The Bertz CT molecular complexity index is 993. The van der Waals surface area contributed by atoms with Gasteiger partial charge < -0.3 is 20.1 Å². The zero-order chi connectivity index (χ0) is 19.5. The first kappa shape index (κ1) is 18.8. The summed E-state index contributed by atoms with van der Waals surface area (Å²) in [6, 6.07) is 13.6. The smallest absolute Gasteiger partial charge is 0.307 e. The average molecular weight is 399 g/mol. The fraction of sp³-hybridized carbons (Fsp3) is 0.318. The lowest BCUT2D eigenvalue weighted by molar-refractivity contribution is -0.136. The van der Waals surface area contributed by atoms with E-state index in [9.17, 15) is 4.79 Å². The van der Waals surface area contributed by atoms with Gasteiger partial charge in [0.15, 0.2) is 0 Å². The van der Waals surface area contributed by atoms with E-state index in [4.69, 9.17) is 21.4 Å². The van der Waals surface area contributed by atoms with Crippen LogP contribution in [0.3, 0.4) is 0 Å². The van der Waals surface area contributed by atoms with Gasteiger partial charge in [-0.05, 0) is 54.2 Å². The molecule has 5 nitrogen and oxygen atoms in total. The summed E-state index contributed by atoms with van der Waals surface area (Å²) >= 11 is 6.34. The third-order valence-corrected chi connectivity index (χ3v) is 5.43. The van der Waals surface area contributed by atoms with Crippen molar-refractivity contribution in [3.8, 4) is 11.3 Å². The Labute approximate surface area is 168 Å².